The zero-order valence-electron chi connectivity index (χ0n) is 17.6. The summed E-state index contributed by atoms with van der Waals surface area (Å²) in [5.74, 6) is 1.05. The molecule has 1 aliphatic carbocycles. The van der Waals surface area contributed by atoms with E-state index in [1.165, 1.54) is 0 Å². The van der Waals surface area contributed by atoms with Gasteiger partial charge >= 0.3 is 0 Å². The summed E-state index contributed by atoms with van der Waals surface area (Å²) in [6.07, 6.45) is 7.52. The van der Waals surface area contributed by atoms with Crippen molar-refractivity contribution in [2.24, 2.45) is 5.92 Å². The second-order valence-corrected chi connectivity index (χ2v) is 8.52. The zero-order chi connectivity index (χ0) is 21.4. The lowest BCUT2D eigenvalue weighted by Crippen LogP contribution is -2.32. The number of allylic oxidation sites excluding steroid dienone is 2. The molecule has 5 rings (SSSR count). The van der Waals surface area contributed by atoms with E-state index in [2.05, 4.69) is 22.8 Å². The Kier molecular flexibility index (Phi) is 5.32. The number of rotatable bonds is 5. The Balaban J connectivity index is 1.41. The number of benzene rings is 2. The van der Waals surface area contributed by atoms with Gasteiger partial charge in [-0.3, -0.25) is 4.79 Å². The van der Waals surface area contributed by atoms with Crippen molar-refractivity contribution in [3.63, 3.8) is 0 Å². The SMILES string of the molecule is COc1cccc(C2Nc3ccc(C(=O)NCC4CCCO4)cc3C3C=CCC32)c1O. The molecular weight excluding hydrogens is 392 g/mol. The number of hydrogen-bond donors (Lipinski definition) is 3. The summed E-state index contributed by atoms with van der Waals surface area (Å²) >= 11 is 0. The zero-order valence-corrected chi connectivity index (χ0v) is 17.6. The third-order valence-electron chi connectivity index (χ3n) is 6.72. The molecule has 1 fully saturated rings. The highest BCUT2D eigenvalue weighted by Gasteiger charge is 2.39. The fourth-order valence-electron chi connectivity index (χ4n) is 5.11. The smallest absolute Gasteiger partial charge is 0.251 e. The number of ether oxygens (including phenoxy) is 2. The fourth-order valence-corrected chi connectivity index (χ4v) is 5.11. The average Bonchev–Trinajstić information content (AvgIpc) is 3.49. The van der Waals surface area contributed by atoms with E-state index in [4.69, 9.17) is 9.47 Å². The van der Waals surface area contributed by atoms with Crippen LogP contribution in [0.15, 0.2) is 48.6 Å². The van der Waals surface area contributed by atoms with Gasteiger partial charge in [-0.2, -0.15) is 0 Å². The lowest BCUT2D eigenvalue weighted by Gasteiger charge is -2.38. The predicted octanol–water partition coefficient (Wildman–Crippen LogP) is 4.14. The van der Waals surface area contributed by atoms with Crippen LogP contribution >= 0.6 is 0 Å². The van der Waals surface area contributed by atoms with Crippen molar-refractivity contribution in [2.75, 3.05) is 25.6 Å². The number of phenols is 1. The van der Waals surface area contributed by atoms with Gasteiger partial charge < -0.3 is 25.2 Å². The molecule has 2 aromatic rings. The van der Waals surface area contributed by atoms with Crippen LogP contribution in [0, 0.1) is 5.92 Å². The maximum Gasteiger partial charge on any atom is 0.251 e. The average molecular weight is 421 g/mol. The van der Waals surface area contributed by atoms with Gasteiger partial charge in [-0.05, 0) is 55.0 Å². The molecule has 1 amide bonds. The highest BCUT2D eigenvalue weighted by Crippen LogP contribution is 2.52. The number of carbonyl (C=O) groups is 1. The Morgan fingerprint density at radius 3 is 3.00 bits per heavy atom. The maximum absolute atomic E-state index is 12.7. The number of aromatic hydroxyl groups is 1. The fraction of sp³-hybridized carbons (Fsp3) is 0.400. The molecule has 2 heterocycles. The number of para-hydroxylation sites is 1. The van der Waals surface area contributed by atoms with Gasteiger partial charge in [-0.15, -0.1) is 0 Å². The van der Waals surface area contributed by atoms with Gasteiger partial charge in [0.15, 0.2) is 11.5 Å². The van der Waals surface area contributed by atoms with Crippen LogP contribution in [-0.4, -0.2) is 37.4 Å². The Morgan fingerprint density at radius 2 is 2.19 bits per heavy atom. The minimum absolute atomic E-state index is 0.0400. The number of nitrogens with one attached hydrogen (secondary N) is 2. The third kappa shape index (κ3) is 3.65. The van der Waals surface area contributed by atoms with Crippen molar-refractivity contribution < 1.29 is 19.4 Å². The summed E-state index contributed by atoms with van der Waals surface area (Å²) < 4.78 is 10.9. The number of carbonyl (C=O) groups excluding carboxylic acids is 1. The van der Waals surface area contributed by atoms with Crippen LogP contribution < -0.4 is 15.4 Å². The lowest BCUT2D eigenvalue weighted by atomic mass is 9.76. The number of methoxy groups -OCH3 is 1. The lowest BCUT2D eigenvalue weighted by molar-refractivity contribution is 0.0857. The van der Waals surface area contributed by atoms with E-state index in [9.17, 15) is 9.90 Å². The molecule has 0 spiro atoms. The summed E-state index contributed by atoms with van der Waals surface area (Å²) in [7, 11) is 1.56. The van der Waals surface area contributed by atoms with E-state index in [0.717, 1.165) is 42.7 Å². The molecular formula is C25H28N2O4. The Morgan fingerprint density at radius 1 is 1.29 bits per heavy atom. The van der Waals surface area contributed by atoms with Crippen LogP contribution in [0.3, 0.4) is 0 Å². The first kappa shape index (κ1) is 19.9. The van der Waals surface area contributed by atoms with Crippen molar-refractivity contribution in [1.82, 2.24) is 5.32 Å². The van der Waals surface area contributed by atoms with Gasteiger partial charge in [-0.25, -0.2) is 0 Å². The normalized spacial score (nSPS) is 26.1. The van der Waals surface area contributed by atoms with Crippen LogP contribution in [0.1, 0.15) is 52.7 Å². The van der Waals surface area contributed by atoms with Crippen molar-refractivity contribution in [1.29, 1.82) is 0 Å². The first-order chi connectivity index (χ1) is 15.2. The second kappa shape index (κ2) is 8.27. The first-order valence-corrected chi connectivity index (χ1v) is 11.0. The van der Waals surface area contributed by atoms with Crippen LogP contribution in [0.2, 0.25) is 0 Å². The van der Waals surface area contributed by atoms with Crippen LogP contribution in [0.25, 0.3) is 0 Å². The van der Waals surface area contributed by atoms with Gasteiger partial charge in [0.25, 0.3) is 5.91 Å². The summed E-state index contributed by atoms with van der Waals surface area (Å²) in [6.45, 7) is 1.34. The number of fused-ring (bicyclic) bond motifs is 3. The van der Waals surface area contributed by atoms with E-state index < -0.39 is 0 Å². The Hall–Kier alpha value is -2.99. The standard InChI is InChI=1S/C25H28N2O4/c1-30-22-9-3-8-19(24(22)28)23-18-7-2-6-17(18)20-13-15(10-11-21(20)27-23)25(29)26-14-16-5-4-12-31-16/h2-3,6,8-11,13,16-18,23,27-28H,4-5,7,12,14H2,1H3,(H,26,29). The summed E-state index contributed by atoms with van der Waals surface area (Å²) in [4.78, 5) is 12.7. The molecule has 0 saturated carbocycles. The molecule has 0 bridgehead atoms. The van der Waals surface area contributed by atoms with E-state index in [0.29, 0.717) is 17.9 Å². The number of phenolic OH excluding ortho intramolecular Hbond substituents is 1. The van der Waals surface area contributed by atoms with Crippen LogP contribution in [0.5, 0.6) is 11.5 Å². The monoisotopic (exact) mass is 420 g/mol. The molecule has 6 nitrogen and oxygen atoms in total. The predicted molar refractivity (Wildman–Crippen MR) is 119 cm³/mol. The molecule has 3 N–H and O–H groups in total. The Labute approximate surface area is 182 Å². The van der Waals surface area contributed by atoms with Crippen LogP contribution in [0.4, 0.5) is 5.69 Å². The highest BCUT2D eigenvalue weighted by molar-refractivity contribution is 5.95. The van der Waals surface area contributed by atoms with E-state index in [1.54, 1.807) is 13.2 Å². The Bertz CT molecular complexity index is 1010. The molecule has 3 aliphatic rings. The number of amides is 1. The van der Waals surface area contributed by atoms with Crippen LogP contribution in [-0.2, 0) is 4.74 Å². The largest absolute Gasteiger partial charge is 0.504 e. The number of hydrogen-bond acceptors (Lipinski definition) is 5. The van der Waals surface area contributed by atoms with E-state index in [1.807, 2.05) is 30.3 Å². The minimum Gasteiger partial charge on any atom is -0.504 e. The summed E-state index contributed by atoms with van der Waals surface area (Å²) in [5, 5.41) is 17.4. The number of anilines is 1. The molecule has 2 aliphatic heterocycles. The molecule has 0 radical (unpaired) electrons. The molecule has 31 heavy (non-hydrogen) atoms. The van der Waals surface area contributed by atoms with Crippen molar-refractivity contribution in [2.45, 2.75) is 37.3 Å². The maximum atomic E-state index is 12.7. The van der Waals surface area contributed by atoms with Gasteiger partial charge in [-0.1, -0.05) is 24.3 Å². The van der Waals surface area contributed by atoms with Gasteiger partial charge in [0, 0.05) is 35.9 Å². The molecule has 0 aromatic heterocycles. The van der Waals surface area contributed by atoms with Gasteiger partial charge in [0.1, 0.15) is 0 Å². The quantitative estimate of drug-likeness (QED) is 0.634. The van der Waals surface area contributed by atoms with Gasteiger partial charge in [0.2, 0.25) is 0 Å². The third-order valence-corrected chi connectivity index (χ3v) is 6.72. The highest BCUT2D eigenvalue weighted by atomic mass is 16.5. The second-order valence-electron chi connectivity index (χ2n) is 8.52. The molecule has 4 unspecified atom stereocenters. The molecule has 162 valence electrons. The molecule has 4 atom stereocenters. The van der Waals surface area contributed by atoms with E-state index >= 15 is 0 Å². The molecule has 2 aromatic carbocycles. The van der Waals surface area contributed by atoms with Crippen molar-refractivity contribution >= 4 is 11.6 Å². The van der Waals surface area contributed by atoms with Gasteiger partial charge in [0.05, 0.1) is 19.3 Å². The summed E-state index contributed by atoms with van der Waals surface area (Å²) in [6, 6.07) is 11.4. The van der Waals surface area contributed by atoms with Crippen molar-refractivity contribution in [3.8, 4) is 11.5 Å². The van der Waals surface area contributed by atoms with E-state index in [-0.39, 0.29) is 35.6 Å². The first-order valence-electron chi connectivity index (χ1n) is 11.0. The molecule has 1 saturated heterocycles. The topological polar surface area (TPSA) is 79.8 Å². The van der Waals surface area contributed by atoms with Crippen molar-refractivity contribution in [3.05, 3.63) is 65.2 Å². The summed E-state index contributed by atoms with van der Waals surface area (Å²) in [5.41, 5.74) is 3.63. The molecule has 6 heteroatoms. The minimum atomic E-state index is -0.0654.